The van der Waals surface area contributed by atoms with Crippen molar-refractivity contribution in [3.63, 3.8) is 0 Å². The van der Waals surface area contributed by atoms with Crippen LogP contribution in [0.3, 0.4) is 0 Å². The van der Waals surface area contributed by atoms with E-state index >= 15 is 0 Å². The zero-order valence-electron chi connectivity index (χ0n) is 11.1. The number of carbonyl (C=O) groups is 1. The lowest BCUT2D eigenvalue weighted by molar-refractivity contribution is 0.100. The third kappa shape index (κ3) is 3.56. The molecule has 0 bridgehead atoms. The number of carbonyl (C=O) groups excluding carboxylic acids is 1. The van der Waals surface area contributed by atoms with Gasteiger partial charge in [-0.15, -0.1) is 11.3 Å². The molecule has 20 heavy (non-hydrogen) atoms. The van der Waals surface area contributed by atoms with Crippen molar-refractivity contribution in [3.05, 3.63) is 50.9 Å². The molecule has 0 aliphatic carbocycles. The molecule has 0 aliphatic rings. The molecule has 0 aliphatic heterocycles. The summed E-state index contributed by atoms with van der Waals surface area (Å²) in [7, 11) is 0. The number of benzene rings is 1. The number of hydrogen-bond acceptors (Lipinski definition) is 4. The molecule has 1 unspecified atom stereocenters. The molecule has 1 amide bonds. The van der Waals surface area contributed by atoms with Crippen LogP contribution in [-0.2, 0) is 6.54 Å². The van der Waals surface area contributed by atoms with E-state index in [1.807, 2.05) is 11.4 Å². The smallest absolute Gasteiger partial charge is 0.248 e. The topological polar surface area (TPSA) is 68.0 Å². The molecular weight excluding hydrogens is 294 g/mol. The lowest BCUT2D eigenvalue weighted by Gasteiger charge is -2.15. The van der Waals surface area contributed by atoms with Crippen LogP contribution < -0.4 is 11.1 Å². The van der Waals surface area contributed by atoms with E-state index in [1.54, 1.807) is 29.7 Å². The normalized spacial score (nSPS) is 12.3. The Morgan fingerprint density at radius 2 is 2.35 bits per heavy atom. The van der Waals surface area contributed by atoms with Gasteiger partial charge in [-0.1, -0.05) is 24.6 Å². The summed E-state index contributed by atoms with van der Waals surface area (Å²) in [6.07, 6.45) is 2.75. The first-order valence-corrected chi connectivity index (χ1v) is 7.58. The minimum Gasteiger partial charge on any atom is -0.366 e. The summed E-state index contributed by atoms with van der Waals surface area (Å²) in [5, 5.41) is 7.00. The molecule has 106 valence electrons. The van der Waals surface area contributed by atoms with Crippen LogP contribution in [0.25, 0.3) is 0 Å². The van der Waals surface area contributed by atoms with Crippen molar-refractivity contribution in [1.29, 1.82) is 0 Å². The molecule has 0 saturated carbocycles. The van der Waals surface area contributed by atoms with E-state index in [0.717, 1.165) is 17.0 Å². The Morgan fingerprint density at radius 3 is 2.90 bits per heavy atom. The van der Waals surface area contributed by atoms with Crippen LogP contribution in [0.15, 0.2) is 29.8 Å². The SMILES string of the molecule is CCC(NCc1ccc(C(N)=O)cc1Cl)c1nccs1. The molecule has 1 aromatic heterocycles. The van der Waals surface area contributed by atoms with Crippen LogP contribution in [0.5, 0.6) is 0 Å². The maximum atomic E-state index is 11.1. The second kappa shape index (κ2) is 6.83. The number of primary amides is 1. The van der Waals surface area contributed by atoms with E-state index in [4.69, 9.17) is 17.3 Å². The predicted molar refractivity (Wildman–Crippen MR) is 82.0 cm³/mol. The number of nitrogens with one attached hydrogen (secondary N) is 1. The summed E-state index contributed by atoms with van der Waals surface area (Å²) in [6.45, 7) is 2.73. The first kappa shape index (κ1) is 15.0. The number of thiazole rings is 1. The Hall–Kier alpha value is -1.43. The van der Waals surface area contributed by atoms with E-state index < -0.39 is 5.91 Å². The molecule has 1 atom stereocenters. The van der Waals surface area contributed by atoms with Gasteiger partial charge in [0.05, 0.1) is 6.04 Å². The van der Waals surface area contributed by atoms with Gasteiger partial charge in [0.15, 0.2) is 0 Å². The second-order valence-corrected chi connectivity index (χ2v) is 5.72. The van der Waals surface area contributed by atoms with E-state index in [2.05, 4.69) is 17.2 Å². The average molecular weight is 310 g/mol. The van der Waals surface area contributed by atoms with Crippen LogP contribution >= 0.6 is 22.9 Å². The number of aromatic nitrogens is 1. The van der Waals surface area contributed by atoms with Gasteiger partial charge in [-0.05, 0) is 24.1 Å². The summed E-state index contributed by atoms with van der Waals surface area (Å²) in [4.78, 5) is 15.4. The molecule has 0 spiro atoms. The van der Waals surface area contributed by atoms with E-state index in [-0.39, 0.29) is 6.04 Å². The van der Waals surface area contributed by atoms with Crippen LogP contribution in [0.1, 0.15) is 40.3 Å². The highest BCUT2D eigenvalue weighted by atomic mass is 35.5. The Kier molecular flexibility index (Phi) is 5.11. The van der Waals surface area contributed by atoms with Gasteiger partial charge in [0.1, 0.15) is 5.01 Å². The van der Waals surface area contributed by atoms with Gasteiger partial charge in [-0.25, -0.2) is 4.98 Å². The van der Waals surface area contributed by atoms with Crippen molar-refractivity contribution in [2.45, 2.75) is 25.9 Å². The van der Waals surface area contributed by atoms with Gasteiger partial charge in [-0.3, -0.25) is 4.79 Å². The Bertz CT molecular complexity index is 586. The van der Waals surface area contributed by atoms with Crippen molar-refractivity contribution in [2.24, 2.45) is 5.73 Å². The minimum atomic E-state index is -0.472. The average Bonchev–Trinajstić information content (AvgIpc) is 2.95. The maximum Gasteiger partial charge on any atom is 0.248 e. The fourth-order valence-corrected chi connectivity index (χ4v) is 2.93. The quantitative estimate of drug-likeness (QED) is 0.861. The summed E-state index contributed by atoms with van der Waals surface area (Å²) in [6, 6.07) is 5.33. The van der Waals surface area contributed by atoms with Gasteiger partial charge in [0.2, 0.25) is 5.91 Å². The van der Waals surface area contributed by atoms with E-state index in [9.17, 15) is 4.79 Å². The Balaban J connectivity index is 2.05. The summed E-state index contributed by atoms with van der Waals surface area (Å²) < 4.78 is 0. The van der Waals surface area contributed by atoms with Crippen LogP contribution in [-0.4, -0.2) is 10.9 Å². The summed E-state index contributed by atoms with van der Waals surface area (Å²) in [5.41, 5.74) is 6.58. The number of nitrogens with zero attached hydrogens (tertiary/aromatic N) is 1. The van der Waals surface area contributed by atoms with Gasteiger partial charge >= 0.3 is 0 Å². The molecule has 6 heteroatoms. The summed E-state index contributed by atoms with van der Waals surface area (Å²) >= 11 is 7.80. The van der Waals surface area contributed by atoms with Crippen molar-refractivity contribution in [3.8, 4) is 0 Å². The van der Waals surface area contributed by atoms with Crippen molar-refractivity contribution in [1.82, 2.24) is 10.3 Å². The summed E-state index contributed by atoms with van der Waals surface area (Å²) in [5.74, 6) is -0.472. The highest BCUT2D eigenvalue weighted by Gasteiger charge is 2.12. The number of halogens is 1. The van der Waals surface area contributed by atoms with E-state index in [0.29, 0.717) is 17.1 Å². The maximum absolute atomic E-state index is 11.1. The monoisotopic (exact) mass is 309 g/mol. The molecule has 0 fully saturated rings. The third-order valence-electron chi connectivity index (χ3n) is 3.03. The predicted octanol–water partition coefficient (Wildman–Crippen LogP) is 3.14. The van der Waals surface area contributed by atoms with Crippen LogP contribution in [0.2, 0.25) is 5.02 Å². The Labute approximate surface area is 127 Å². The van der Waals surface area contributed by atoms with Gasteiger partial charge in [0.25, 0.3) is 0 Å². The lowest BCUT2D eigenvalue weighted by Crippen LogP contribution is -2.20. The zero-order chi connectivity index (χ0) is 14.5. The van der Waals surface area contributed by atoms with Crippen molar-refractivity contribution >= 4 is 28.8 Å². The van der Waals surface area contributed by atoms with Gasteiger partial charge < -0.3 is 11.1 Å². The van der Waals surface area contributed by atoms with E-state index in [1.165, 1.54) is 0 Å². The molecule has 4 nitrogen and oxygen atoms in total. The molecule has 0 radical (unpaired) electrons. The molecule has 2 rings (SSSR count). The fraction of sp³-hybridized carbons (Fsp3) is 0.286. The first-order chi connectivity index (χ1) is 9.61. The van der Waals surface area contributed by atoms with Gasteiger partial charge in [0, 0.05) is 28.7 Å². The zero-order valence-corrected chi connectivity index (χ0v) is 12.7. The Morgan fingerprint density at radius 1 is 1.55 bits per heavy atom. The highest BCUT2D eigenvalue weighted by molar-refractivity contribution is 7.09. The largest absolute Gasteiger partial charge is 0.366 e. The molecular formula is C14H16ClN3OS. The van der Waals surface area contributed by atoms with Crippen molar-refractivity contribution < 1.29 is 4.79 Å². The van der Waals surface area contributed by atoms with Crippen LogP contribution in [0, 0.1) is 0 Å². The molecule has 1 aromatic carbocycles. The highest BCUT2D eigenvalue weighted by Crippen LogP contribution is 2.22. The number of nitrogens with two attached hydrogens (primary N) is 1. The number of rotatable bonds is 6. The van der Waals surface area contributed by atoms with Gasteiger partial charge in [-0.2, -0.15) is 0 Å². The molecule has 0 saturated heterocycles. The standard InChI is InChI=1S/C14H16ClN3OS/c1-2-12(14-17-5-6-20-14)18-8-10-4-3-9(13(16)19)7-11(10)15/h3-7,12,18H,2,8H2,1H3,(H2,16,19). The van der Waals surface area contributed by atoms with Crippen LogP contribution in [0.4, 0.5) is 0 Å². The third-order valence-corrected chi connectivity index (χ3v) is 4.28. The molecule has 3 N–H and O–H groups in total. The molecule has 1 heterocycles. The number of hydrogen-bond donors (Lipinski definition) is 2. The fourth-order valence-electron chi connectivity index (χ4n) is 1.89. The lowest BCUT2D eigenvalue weighted by atomic mass is 10.1. The number of amides is 1. The van der Waals surface area contributed by atoms with Crippen molar-refractivity contribution in [2.75, 3.05) is 0 Å². The first-order valence-electron chi connectivity index (χ1n) is 6.32. The molecule has 2 aromatic rings. The second-order valence-electron chi connectivity index (χ2n) is 4.38. The minimum absolute atomic E-state index is 0.210.